The highest BCUT2D eigenvalue weighted by atomic mass is 16.3. The van der Waals surface area contributed by atoms with Crippen LogP contribution in [0.2, 0.25) is 0 Å². The Labute approximate surface area is 133 Å². The molecule has 1 aromatic carbocycles. The monoisotopic (exact) mass is 304 g/mol. The molecule has 1 amide bonds. The molecular weight excluding hydrogens is 276 g/mol. The summed E-state index contributed by atoms with van der Waals surface area (Å²) in [6.45, 7) is 7.50. The fraction of sp³-hybridized carbons (Fsp3) is 0.611. The molecule has 1 fully saturated rings. The summed E-state index contributed by atoms with van der Waals surface area (Å²) in [5.74, 6) is 0.492. The predicted molar refractivity (Wildman–Crippen MR) is 89.8 cm³/mol. The molecule has 1 saturated heterocycles. The minimum absolute atomic E-state index is 0.00791. The number of carbonyl (C=O) groups excluding carboxylic acids is 1. The van der Waals surface area contributed by atoms with Crippen LogP contribution in [0.1, 0.15) is 33.6 Å². The van der Waals surface area contributed by atoms with E-state index >= 15 is 0 Å². The van der Waals surface area contributed by atoms with Gasteiger partial charge in [0.15, 0.2) is 0 Å². The van der Waals surface area contributed by atoms with Crippen LogP contribution >= 0.6 is 0 Å². The Morgan fingerprint density at radius 1 is 1.36 bits per heavy atom. The van der Waals surface area contributed by atoms with Crippen molar-refractivity contribution in [1.29, 1.82) is 0 Å². The zero-order chi connectivity index (χ0) is 16.1. The van der Waals surface area contributed by atoms with Gasteiger partial charge >= 0.3 is 0 Å². The van der Waals surface area contributed by atoms with E-state index in [4.69, 9.17) is 0 Å². The number of para-hydroxylation sites is 1. The second kappa shape index (κ2) is 7.63. The second-order valence-electron chi connectivity index (χ2n) is 6.69. The minimum atomic E-state index is -0.453. The van der Waals surface area contributed by atoms with Crippen LogP contribution in [0, 0.1) is 11.8 Å². The molecule has 22 heavy (non-hydrogen) atoms. The van der Waals surface area contributed by atoms with Gasteiger partial charge < -0.3 is 15.3 Å². The SMILES string of the molecule is CC(C)C[C@H](O)CNC(=O)[C@H]1CCN(c2ccccc2)[C@@H]1C. The fourth-order valence-corrected chi connectivity index (χ4v) is 3.25. The number of aliphatic hydroxyl groups excluding tert-OH is 1. The summed E-state index contributed by atoms with van der Waals surface area (Å²) >= 11 is 0. The van der Waals surface area contributed by atoms with Gasteiger partial charge in [0.1, 0.15) is 0 Å². The molecular formula is C18H28N2O2. The second-order valence-corrected chi connectivity index (χ2v) is 6.69. The lowest BCUT2D eigenvalue weighted by Gasteiger charge is -2.26. The number of amides is 1. The average Bonchev–Trinajstić information content (AvgIpc) is 2.87. The van der Waals surface area contributed by atoms with Crippen molar-refractivity contribution in [3.63, 3.8) is 0 Å². The quantitative estimate of drug-likeness (QED) is 0.848. The van der Waals surface area contributed by atoms with Gasteiger partial charge in [-0.25, -0.2) is 0 Å². The third kappa shape index (κ3) is 4.23. The molecule has 0 bridgehead atoms. The van der Waals surface area contributed by atoms with Gasteiger partial charge in [-0.05, 0) is 37.8 Å². The van der Waals surface area contributed by atoms with Gasteiger partial charge in [-0.1, -0.05) is 32.0 Å². The van der Waals surface area contributed by atoms with Gasteiger partial charge in [0, 0.05) is 24.8 Å². The van der Waals surface area contributed by atoms with Crippen LogP contribution in [-0.2, 0) is 4.79 Å². The van der Waals surface area contributed by atoms with E-state index in [0.717, 1.165) is 19.4 Å². The van der Waals surface area contributed by atoms with Crippen molar-refractivity contribution >= 4 is 11.6 Å². The Balaban J connectivity index is 1.87. The lowest BCUT2D eigenvalue weighted by molar-refractivity contribution is -0.125. The summed E-state index contributed by atoms with van der Waals surface area (Å²) in [5, 5.41) is 12.8. The van der Waals surface area contributed by atoms with Crippen molar-refractivity contribution in [3.05, 3.63) is 30.3 Å². The van der Waals surface area contributed by atoms with Gasteiger partial charge in [0.25, 0.3) is 0 Å². The number of nitrogens with zero attached hydrogens (tertiary/aromatic N) is 1. The van der Waals surface area contributed by atoms with E-state index in [-0.39, 0.29) is 17.9 Å². The largest absolute Gasteiger partial charge is 0.391 e. The first kappa shape index (κ1) is 16.8. The number of benzene rings is 1. The highest BCUT2D eigenvalue weighted by molar-refractivity contribution is 5.80. The summed E-state index contributed by atoms with van der Waals surface area (Å²) in [6, 6.07) is 10.4. The van der Waals surface area contributed by atoms with E-state index in [2.05, 4.69) is 43.1 Å². The third-order valence-corrected chi connectivity index (χ3v) is 4.43. The predicted octanol–water partition coefficient (Wildman–Crippen LogP) is 2.42. The molecule has 4 nitrogen and oxygen atoms in total. The minimum Gasteiger partial charge on any atom is -0.391 e. The lowest BCUT2D eigenvalue weighted by atomic mass is 10.00. The standard InChI is InChI=1S/C18H28N2O2/c1-13(2)11-16(21)12-19-18(22)17-9-10-20(14(17)3)15-7-5-4-6-8-15/h4-8,13-14,16-17,21H,9-12H2,1-3H3,(H,19,22)/t14-,16+,17+/m1/s1. The number of anilines is 1. The zero-order valence-corrected chi connectivity index (χ0v) is 13.8. The van der Waals surface area contributed by atoms with Gasteiger partial charge in [-0.2, -0.15) is 0 Å². The van der Waals surface area contributed by atoms with Crippen molar-refractivity contribution in [2.75, 3.05) is 18.0 Å². The van der Waals surface area contributed by atoms with E-state index < -0.39 is 6.10 Å². The number of nitrogens with one attached hydrogen (secondary N) is 1. The van der Waals surface area contributed by atoms with Gasteiger partial charge in [-0.15, -0.1) is 0 Å². The maximum Gasteiger partial charge on any atom is 0.225 e. The first-order valence-corrected chi connectivity index (χ1v) is 8.26. The lowest BCUT2D eigenvalue weighted by Crippen LogP contribution is -2.41. The van der Waals surface area contributed by atoms with Crippen LogP contribution < -0.4 is 10.2 Å². The molecule has 2 rings (SSSR count). The number of aliphatic hydroxyl groups is 1. The Hall–Kier alpha value is -1.55. The normalized spacial score (nSPS) is 22.9. The van der Waals surface area contributed by atoms with E-state index in [1.54, 1.807) is 0 Å². The van der Waals surface area contributed by atoms with Crippen molar-refractivity contribution in [3.8, 4) is 0 Å². The van der Waals surface area contributed by atoms with Crippen molar-refractivity contribution in [2.24, 2.45) is 11.8 Å². The molecule has 1 aromatic rings. The Morgan fingerprint density at radius 2 is 2.05 bits per heavy atom. The molecule has 0 radical (unpaired) electrons. The summed E-state index contributed by atoms with van der Waals surface area (Å²) < 4.78 is 0. The van der Waals surface area contributed by atoms with Crippen molar-refractivity contribution in [2.45, 2.75) is 45.8 Å². The molecule has 0 unspecified atom stereocenters. The van der Waals surface area contributed by atoms with Crippen LogP contribution in [-0.4, -0.2) is 36.2 Å². The molecule has 0 aromatic heterocycles. The maximum atomic E-state index is 12.4. The maximum absolute atomic E-state index is 12.4. The van der Waals surface area contributed by atoms with Crippen molar-refractivity contribution < 1.29 is 9.90 Å². The van der Waals surface area contributed by atoms with Crippen LogP contribution in [0.25, 0.3) is 0 Å². The number of rotatable bonds is 6. The highest BCUT2D eigenvalue weighted by Crippen LogP contribution is 2.29. The number of hydrogen-bond acceptors (Lipinski definition) is 3. The van der Waals surface area contributed by atoms with E-state index in [1.165, 1.54) is 5.69 Å². The van der Waals surface area contributed by atoms with Gasteiger partial charge in [0.05, 0.1) is 12.0 Å². The van der Waals surface area contributed by atoms with Crippen LogP contribution in [0.4, 0.5) is 5.69 Å². The van der Waals surface area contributed by atoms with Gasteiger partial charge in [-0.3, -0.25) is 4.79 Å². The van der Waals surface area contributed by atoms with Gasteiger partial charge in [0.2, 0.25) is 5.91 Å². The summed E-state index contributed by atoms with van der Waals surface area (Å²) in [4.78, 5) is 14.7. The van der Waals surface area contributed by atoms with E-state index in [1.807, 2.05) is 18.2 Å². The topological polar surface area (TPSA) is 52.6 Å². The molecule has 1 aliphatic rings. The highest BCUT2D eigenvalue weighted by Gasteiger charge is 2.35. The average molecular weight is 304 g/mol. The molecule has 122 valence electrons. The molecule has 3 atom stereocenters. The van der Waals surface area contributed by atoms with E-state index in [0.29, 0.717) is 12.5 Å². The zero-order valence-electron chi connectivity index (χ0n) is 13.8. The van der Waals surface area contributed by atoms with Crippen LogP contribution in [0.5, 0.6) is 0 Å². The van der Waals surface area contributed by atoms with Crippen LogP contribution in [0.3, 0.4) is 0 Å². The first-order valence-electron chi connectivity index (χ1n) is 8.26. The summed E-state index contributed by atoms with van der Waals surface area (Å²) in [6.07, 6.45) is 1.13. The molecule has 2 N–H and O–H groups in total. The Morgan fingerprint density at radius 3 is 2.68 bits per heavy atom. The van der Waals surface area contributed by atoms with E-state index in [9.17, 15) is 9.90 Å². The number of carbonyl (C=O) groups is 1. The van der Waals surface area contributed by atoms with Crippen LogP contribution in [0.15, 0.2) is 30.3 Å². The molecule has 1 aliphatic heterocycles. The fourth-order valence-electron chi connectivity index (χ4n) is 3.25. The third-order valence-electron chi connectivity index (χ3n) is 4.43. The molecule has 0 saturated carbocycles. The first-order chi connectivity index (χ1) is 10.5. The molecule has 1 heterocycles. The van der Waals surface area contributed by atoms with Crippen molar-refractivity contribution in [1.82, 2.24) is 5.32 Å². The number of hydrogen-bond donors (Lipinski definition) is 2. The summed E-state index contributed by atoms with van der Waals surface area (Å²) in [7, 11) is 0. The molecule has 0 spiro atoms. The molecule has 0 aliphatic carbocycles. The summed E-state index contributed by atoms with van der Waals surface area (Å²) in [5.41, 5.74) is 1.17. The Kier molecular flexibility index (Phi) is 5.83. The smallest absolute Gasteiger partial charge is 0.225 e. The molecule has 4 heteroatoms. The Bertz CT molecular complexity index is 475.